The van der Waals surface area contributed by atoms with E-state index in [-0.39, 0.29) is 23.6 Å². The molecule has 0 fully saturated rings. The number of benzene rings is 4. The van der Waals surface area contributed by atoms with E-state index in [0.29, 0.717) is 5.92 Å². The third-order valence-corrected chi connectivity index (χ3v) is 7.33. The molecule has 0 bridgehead atoms. The molecule has 196 valence electrons. The Morgan fingerprint density at radius 2 is 1.32 bits per heavy atom. The van der Waals surface area contributed by atoms with Crippen LogP contribution in [0, 0.1) is 0 Å². The lowest BCUT2D eigenvalue weighted by molar-refractivity contribution is -0.884. The number of carbonyl (C=O) groups excluding carboxylic acids is 1. The molecule has 1 aromatic heterocycles. The van der Waals surface area contributed by atoms with Gasteiger partial charge in [0.05, 0.1) is 21.1 Å². The second kappa shape index (κ2) is 12.5. The lowest BCUT2D eigenvalue weighted by atomic mass is 10.0. The van der Waals surface area contributed by atoms with E-state index in [1.807, 2.05) is 84.9 Å². The summed E-state index contributed by atoms with van der Waals surface area (Å²) in [6.07, 6.45) is 0. The summed E-state index contributed by atoms with van der Waals surface area (Å²) in [5.41, 5.74) is 4.11. The van der Waals surface area contributed by atoms with Crippen molar-refractivity contribution in [1.82, 2.24) is 0 Å². The average Bonchev–Trinajstić information content (AvgIpc) is 2.89. The third-order valence-electron chi connectivity index (χ3n) is 6.18. The molecule has 0 N–H and O–H groups in total. The van der Waals surface area contributed by atoms with Gasteiger partial charge in [-0.15, -0.1) is 11.3 Å². The van der Waals surface area contributed by atoms with Gasteiger partial charge in [-0.05, 0) is 35.7 Å². The predicted molar refractivity (Wildman–Crippen MR) is 158 cm³/mol. The van der Waals surface area contributed by atoms with Crippen LogP contribution < -0.4 is 17.8 Å². The van der Waals surface area contributed by atoms with Crippen molar-refractivity contribution in [3.8, 4) is 0 Å². The molecule has 0 unspecified atom stereocenters. The first-order chi connectivity index (χ1) is 17.6. The Labute approximate surface area is 235 Å². The molecule has 5 rings (SSSR count). The molecule has 3 nitrogen and oxygen atoms in total. The smallest absolute Gasteiger partial charge is 0.195 e. The minimum atomic E-state index is 0. The molecule has 0 aliphatic carbocycles. The first-order valence-electron chi connectivity index (χ1n) is 12.6. The molecular formula is C33H34ClNO2S. The highest BCUT2D eigenvalue weighted by Gasteiger charge is 2.11. The van der Waals surface area contributed by atoms with Gasteiger partial charge in [0.2, 0.25) is 0 Å². The highest BCUT2D eigenvalue weighted by atomic mass is 35.5. The van der Waals surface area contributed by atoms with Crippen LogP contribution in [0.5, 0.6) is 0 Å². The fraction of sp³-hybridized carbons (Fsp3) is 0.212. The summed E-state index contributed by atoms with van der Waals surface area (Å²) < 4.78 is 3.02. The largest absolute Gasteiger partial charge is 1.00 e. The summed E-state index contributed by atoms with van der Waals surface area (Å²) in [7, 11) is 6.47. The monoisotopic (exact) mass is 543 g/mol. The number of fused-ring (bicyclic) bond motifs is 2. The van der Waals surface area contributed by atoms with E-state index in [1.165, 1.54) is 11.1 Å². The van der Waals surface area contributed by atoms with Gasteiger partial charge in [-0.3, -0.25) is 9.59 Å². The molecule has 0 radical (unpaired) electrons. The number of ketones is 1. The molecule has 38 heavy (non-hydrogen) atoms. The fourth-order valence-corrected chi connectivity index (χ4v) is 5.30. The average molecular weight is 544 g/mol. The molecule has 0 aliphatic heterocycles. The Kier molecular flexibility index (Phi) is 9.61. The van der Waals surface area contributed by atoms with Crippen molar-refractivity contribution < 1.29 is 21.7 Å². The standard InChI is InChI=1S/C17H20NO.C16H14OS.ClH/c1-18(2,3)13-14-9-11-16(12-10-14)17(19)15-7-5-4-6-8-15;1-10(2)11-7-8-15-13(9-11)16(17)12-5-3-4-6-14(12)18-15;/h4-12H,13H2,1-3H3;3-10H,1-2H3;1H/q+1;;/p-1. The Morgan fingerprint density at radius 3 is 1.95 bits per heavy atom. The van der Waals surface area contributed by atoms with Gasteiger partial charge in [0, 0.05) is 36.9 Å². The Bertz CT molecular complexity index is 1580. The number of carbonyl (C=O) groups is 1. The van der Waals surface area contributed by atoms with Crippen LogP contribution in [0.1, 0.15) is 46.8 Å². The maximum Gasteiger partial charge on any atom is 0.195 e. The third kappa shape index (κ3) is 7.16. The van der Waals surface area contributed by atoms with Crippen LogP contribution in [0.15, 0.2) is 102 Å². The summed E-state index contributed by atoms with van der Waals surface area (Å²) >= 11 is 1.69. The van der Waals surface area contributed by atoms with Crippen molar-refractivity contribution in [2.45, 2.75) is 26.3 Å². The van der Waals surface area contributed by atoms with Gasteiger partial charge >= 0.3 is 0 Å². The van der Waals surface area contributed by atoms with Crippen molar-refractivity contribution in [1.29, 1.82) is 0 Å². The van der Waals surface area contributed by atoms with Gasteiger partial charge in [0.15, 0.2) is 11.2 Å². The van der Waals surface area contributed by atoms with Crippen molar-refractivity contribution in [3.63, 3.8) is 0 Å². The molecule has 5 aromatic rings. The molecule has 0 spiro atoms. The molecule has 0 saturated heterocycles. The van der Waals surface area contributed by atoms with Gasteiger partial charge in [-0.2, -0.15) is 0 Å². The molecule has 0 saturated carbocycles. The van der Waals surface area contributed by atoms with E-state index < -0.39 is 0 Å². The lowest BCUT2D eigenvalue weighted by Crippen LogP contribution is -3.00. The van der Waals surface area contributed by atoms with Crippen LogP contribution in [-0.4, -0.2) is 31.4 Å². The summed E-state index contributed by atoms with van der Waals surface area (Å²) in [6.45, 7) is 5.26. The topological polar surface area (TPSA) is 34.1 Å². The number of rotatable bonds is 5. The zero-order chi connectivity index (χ0) is 26.6. The second-order valence-corrected chi connectivity index (χ2v) is 11.8. The summed E-state index contributed by atoms with van der Waals surface area (Å²) in [4.78, 5) is 24.7. The first kappa shape index (κ1) is 29.2. The lowest BCUT2D eigenvalue weighted by Gasteiger charge is -2.23. The van der Waals surface area contributed by atoms with Crippen LogP contribution in [0.4, 0.5) is 0 Å². The SMILES string of the molecule is CC(C)c1ccc2sc3ccccc3c(=O)c2c1.C[N+](C)(C)Cc1ccc(C(=O)c2ccccc2)cc1.[Cl-]. The van der Waals surface area contributed by atoms with E-state index in [4.69, 9.17) is 0 Å². The molecule has 1 heterocycles. The molecular weight excluding hydrogens is 510 g/mol. The van der Waals surface area contributed by atoms with Crippen LogP contribution in [-0.2, 0) is 6.54 Å². The molecule has 4 aromatic carbocycles. The van der Waals surface area contributed by atoms with Crippen LogP contribution >= 0.6 is 11.3 Å². The van der Waals surface area contributed by atoms with E-state index in [9.17, 15) is 9.59 Å². The number of hydrogen-bond acceptors (Lipinski definition) is 3. The number of quaternary nitrogens is 1. The fourth-order valence-electron chi connectivity index (χ4n) is 4.25. The molecule has 5 heteroatoms. The van der Waals surface area contributed by atoms with Gasteiger partial charge in [0.25, 0.3) is 0 Å². The Morgan fingerprint density at radius 1 is 0.737 bits per heavy atom. The summed E-state index contributed by atoms with van der Waals surface area (Å²) in [6, 6.07) is 31.4. The zero-order valence-corrected chi connectivity index (χ0v) is 24.1. The Hall–Kier alpha value is -3.31. The minimum absolute atomic E-state index is 0. The van der Waals surface area contributed by atoms with Crippen LogP contribution in [0.25, 0.3) is 20.2 Å². The van der Waals surface area contributed by atoms with Crippen LogP contribution in [0.3, 0.4) is 0 Å². The van der Waals surface area contributed by atoms with Crippen LogP contribution in [0.2, 0.25) is 0 Å². The van der Waals surface area contributed by atoms with E-state index in [1.54, 1.807) is 11.3 Å². The quantitative estimate of drug-likeness (QED) is 0.183. The zero-order valence-electron chi connectivity index (χ0n) is 22.6. The number of hydrogen-bond donors (Lipinski definition) is 0. The molecule has 0 atom stereocenters. The van der Waals surface area contributed by atoms with Crippen molar-refractivity contribution in [3.05, 3.63) is 130 Å². The van der Waals surface area contributed by atoms with E-state index >= 15 is 0 Å². The van der Waals surface area contributed by atoms with Gasteiger partial charge in [0.1, 0.15) is 6.54 Å². The first-order valence-corrected chi connectivity index (χ1v) is 13.4. The summed E-state index contributed by atoms with van der Waals surface area (Å²) in [5, 5.41) is 1.68. The highest BCUT2D eigenvalue weighted by molar-refractivity contribution is 7.24. The van der Waals surface area contributed by atoms with Crippen molar-refractivity contribution in [2.24, 2.45) is 0 Å². The van der Waals surface area contributed by atoms with Gasteiger partial charge in [-0.25, -0.2) is 0 Å². The predicted octanol–water partition coefficient (Wildman–Crippen LogP) is 4.67. The van der Waals surface area contributed by atoms with Gasteiger partial charge in [-0.1, -0.05) is 86.6 Å². The normalized spacial score (nSPS) is 11.1. The number of nitrogens with zero attached hydrogens (tertiary/aromatic N) is 1. The van der Waals surface area contributed by atoms with Crippen molar-refractivity contribution >= 4 is 37.3 Å². The maximum absolute atomic E-state index is 12.5. The van der Waals surface area contributed by atoms with E-state index in [0.717, 1.165) is 42.3 Å². The highest BCUT2D eigenvalue weighted by Crippen LogP contribution is 2.27. The number of halogens is 1. The van der Waals surface area contributed by atoms with Crippen molar-refractivity contribution in [2.75, 3.05) is 21.1 Å². The second-order valence-electron chi connectivity index (χ2n) is 10.7. The molecule has 0 aliphatic rings. The summed E-state index contributed by atoms with van der Waals surface area (Å²) in [5.74, 6) is 0.530. The maximum atomic E-state index is 12.5. The minimum Gasteiger partial charge on any atom is -1.00 e. The Balaban J connectivity index is 0.000000205. The van der Waals surface area contributed by atoms with Gasteiger partial charge < -0.3 is 16.9 Å². The van der Waals surface area contributed by atoms with E-state index in [2.05, 4.69) is 47.1 Å². The molecule has 0 amide bonds.